The van der Waals surface area contributed by atoms with Crippen LogP contribution in [0.1, 0.15) is 28.3 Å². The lowest BCUT2D eigenvalue weighted by Crippen LogP contribution is -2.12. The van der Waals surface area contributed by atoms with Crippen molar-refractivity contribution in [3.63, 3.8) is 0 Å². The fourth-order valence-electron chi connectivity index (χ4n) is 2.21. The topological polar surface area (TPSA) is 120 Å². The molecule has 0 fully saturated rings. The zero-order chi connectivity index (χ0) is 19.9. The molecule has 8 nitrogen and oxygen atoms in total. The Kier molecular flexibility index (Phi) is 6.22. The minimum atomic E-state index is -0.545. The van der Waals surface area contributed by atoms with Gasteiger partial charge in [-0.15, -0.1) is 11.3 Å². The van der Waals surface area contributed by atoms with E-state index in [2.05, 4.69) is 20.3 Å². The number of benzene rings is 1. The van der Waals surface area contributed by atoms with Crippen molar-refractivity contribution in [3.05, 3.63) is 58.3 Å². The predicted octanol–water partition coefficient (Wildman–Crippen LogP) is 3.10. The van der Waals surface area contributed by atoms with Gasteiger partial charge in [0.05, 0.1) is 11.3 Å². The number of thiophene rings is 1. The van der Waals surface area contributed by atoms with Crippen molar-refractivity contribution in [1.82, 2.24) is 15.0 Å². The number of ether oxygens (including phenoxy) is 1. The summed E-state index contributed by atoms with van der Waals surface area (Å²) in [6.45, 7) is -0.211. The van der Waals surface area contributed by atoms with Crippen LogP contribution in [0, 0.1) is 5.82 Å². The number of aromatic nitrogens is 3. The van der Waals surface area contributed by atoms with E-state index < -0.39 is 5.97 Å². The van der Waals surface area contributed by atoms with E-state index >= 15 is 0 Å². The summed E-state index contributed by atoms with van der Waals surface area (Å²) in [4.78, 5) is 36.3. The molecule has 0 amide bonds. The highest BCUT2D eigenvalue weighted by molar-refractivity contribution is 7.12. The number of anilines is 3. The second-order valence-corrected chi connectivity index (χ2v) is 6.57. The van der Waals surface area contributed by atoms with E-state index in [1.807, 2.05) is 0 Å². The molecule has 0 aliphatic rings. The molecule has 1 aromatic carbocycles. The minimum Gasteiger partial charge on any atom is -0.457 e. The van der Waals surface area contributed by atoms with Gasteiger partial charge in [0.15, 0.2) is 18.2 Å². The molecule has 0 unspecified atom stereocenters. The van der Waals surface area contributed by atoms with Crippen LogP contribution in [0.5, 0.6) is 0 Å². The van der Waals surface area contributed by atoms with Crippen LogP contribution in [0.25, 0.3) is 0 Å². The van der Waals surface area contributed by atoms with Gasteiger partial charge in [-0.1, -0.05) is 6.07 Å². The van der Waals surface area contributed by atoms with E-state index in [0.29, 0.717) is 10.6 Å². The number of Topliss-reactive ketones (excluding diaryl/α,β-unsaturated/α-hetero) is 1. The van der Waals surface area contributed by atoms with Crippen molar-refractivity contribution < 1.29 is 18.7 Å². The molecular weight excluding hydrogens is 385 g/mol. The smallest absolute Gasteiger partial charge is 0.306 e. The third-order valence-electron chi connectivity index (χ3n) is 3.51. The number of nitrogens with one attached hydrogen (secondary N) is 1. The number of nitrogens with two attached hydrogens (primary N) is 1. The first-order chi connectivity index (χ1) is 13.5. The normalized spacial score (nSPS) is 10.5. The average Bonchev–Trinajstić information content (AvgIpc) is 3.21. The summed E-state index contributed by atoms with van der Waals surface area (Å²) in [6, 6.07) is 9.08. The second kappa shape index (κ2) is 9.00. The summed E-state index contributed by atoms with van der Waals surface area (Å²) < 4.78 is 18.1. The quantitative estimate of drug-likeness (QED) is 0.436. The van der Waals surface area contributed by atoms with E-state index in [4.69, 9.17) is 10.5 Å². The Morgan fingerprint density at radius 3 is 2.61 bits per heavy atom. The maximum atomic E-state index is 13.0. The van der Waals surface area contributed by atoms with Crippen molar-refractivity contribution in [2.45, 2.75) is 19.4 Å². The van der Waals surface area contributed by atoms with Crippen molar-refractivity contribution in [2.75, 3.05) is 11.1 Å². The molecule has 3 N–H and O–H groups in total. The number of nitrogen functional groups attached to an aromatic ring is 1. The van der Waals surface area contributed by atoms with Gasteiger partial charge in [-0.3, -0.25) is 9.59 Å². The lowest BCUT2D eigenvalue weighted by molar-refractivity contribution is -0.145. The van der Waals surface area contributed by atoms with Crippen LogP contribution in [0.15, 0.2) is 41.8 Å². The van der Waals surface area contributed by atoms with Gasteiger partial charge in [0.25, 0.3) is 0 Å². The SMILES string of the molecule is Nc1nc(COC(=O)CCC(=O)c2cccs2)nc(Nc2ccc(F)cc2)n1. The molecule has 3 aromatic rings. The molecule has 3 rings (SSSR count). The Balaban J connectivity index is 1.53. The Morgan fingerprint density at radius 1 is 1.11 bits per heavy atom. The van der Waals surface area contributed by atoms with Crippen LogP contribution in [0.3, 0.4) is 0 Å². The van der Waals surface area contributed by atoms with E-state index in [1.54, 1.807) is 17.5 Å². The Morgan fingerprint density at radius 2 is 1.89 bits per heavy atom. The Labute approximate surface area is 163 Å². The Hall–Kier alpha value is -3.40. The summed E-state index contributed by atoms with van der Waals surface area (Å²) in [5, 5.41) is 4.66. The van der Waals surface area contributed by atoms with E-state index in [0.717, 1.165) is 0 Å². The van der Waals surface area contributed by atoms with E-state index in [-0.39, 0.29) is 48.8 Å². The number of hydrogen-bond donors (Lipinski definition) is 2. The molecule has 0 saturated carbocycles. The van der Waals surface area contributed by atoms with Gasteiger partial charge < -0.3 is 15.8 Å². The fourth-order valence-corrected chi connectivity index (χ4v) is 2.91. The number of carbonyl (C=O) groups is 2. The average molecular weight is 401 g/mol. The molecule has 144 valence electrons. The van der Waals surface area contributed by atoms with Crippen LogP contribution in [-0.2, 0) is 16.1 Å². The van der Waals surface area contributed by atoms with Crippen LogP contribution in [-0.4, -0.2) is 26.7 Å². The zero-order valence-electron chi connectivity index (χ0n) is 14.6. The van der Waals surface area contributed by atoms with Crippen molar-refractivity contribution in [1.29, 1.82) is 0 Å². The third-order valence-corrected chi connectivity index (χ3v) is 4.42. The highest BCUT2D eigenvalue weighted by Gasteiger charge is 2.12. The number of nitrogens with zero attached hydrogens (tertiary/aromatic N) is 3. The highest BCUT2D eigenvalue weighted by Crippen LogP contribution is 2.15. The van der Waals surface area contributed by atoms with Crippen LogP contribution < -0.4 is 11.1 Å². The van der Waals surface area contributed by atoms with Crippen molar-refractivity contribution in [2.24, 2.45) is 0 Å². The van der Waals surface area contributed by atoms with Gasteiger partial charge in [0.2, 0.25) is 11.9 Å². The lowest BCUT2D eigenvalue weighted by atomic mass is 10.2. The molecule has 10 heteroatoms. The first-order valence-corrected chi connectivity index (χ1v) is 9.13. The molecule has 0 aliphatic carbocycles. The number of ketones is 1. The molecule has 0 atom stereocenters. The fraction of sp³-hybridized carbons (Fsp3) is 0.167. The number of carbonyl (C=O) groups excluding carboxylic acids is 2. The van der Waals surface area contributed by atoms with Gasteiger partial charge in [0, 0.05) is 12.1 Å². The van der Waals surface area contributed by atoms with Gasteiger partial charge in [-0.25, -0.2) is 4.39 Å². The summed E-state index contributed by atoms with van der Waals surface area (Å²) in [5.74, 6) is -0.795. The van der Waals surface area contributed by atoms with Crippen LogP contribution in [0.2, 0.25) is 0 Å². The van der Waals surface area contributed by atoms with E-state index in [9.17, 15) is 14.0 Å². The third kappa shape index (κ3) is 5.55. The minimum absolute atomic E-state index is 0.0437. The molecule has 0 radical (unpaired) electrons. The summed E-state index contributed by atoms with van der Waals surface area (Å²) in [7, 11) is 0. The zero-order valence-corrected chi connectivity index (χ0v) is 15.4. The number of esters is 1. The Bertz CT molecular complexity index is 964. The molecule has 0 saturated heterocycles. The van der Waals surface area contributed by atoms with Crippen molar-refractivity contribution >= 4 is 40.7 Å². The highest BCUT2D eigenvalue weighted by atomic mass is 32.1. The maximum absolute atomic E-state index is 13.0. The lowest BCUT2D eigenvalue weighted by Gasteiger charge is -2.08. The summed E-state index contributed by atoms with van der Waals surface area (Å²) in [6.07, 6.45) is 0.0219. The first kappa shape index (κ1) is 19.4. The summed E-state index contributed by atoms with van der Waals surface area (Å²) in [5.41, 5.74) is 6.21. The van der Waals surface area contributed by atoms with E-state index in [1.165, 1.54) is 35.6 Å². The monoisotopic (exact) mass is 401 g/mol. The van der Waals surface area contributed by atoms with Crippen LogP contribution in [0.4, 0.5) is 22.0 Å². The predicted molar refractivity (Wildman–Crippen MR) is 102 cm³/mol. The second-order valence-electron chi connectivity index (χ2n) is 5.63. The maximum Gasteiger partial charge on any atom is 0.306 e. The molecule has 0 aliphatic heterocycles. The number of hydrogen-bond acceptors (Lipinski definition) is 9. The number of rotatable bonds is 8. The first-order valence-electron chi connectivity index (χ1n) is 8.25. The molecular formula is C18H16FN5O3S. The van der Waals surface area contributed by atoms with Crippen LogP contribution >= 0.6 is 11.3 Å². The van der Waals surface area contributed by atoms with Gasteiger partial charge >= 0.3 is 5.97 Å². The van der Waals surface area contributed by atoms with Gasteiger partial charge in [-0.2, -0.15) is 15.0 Å². The largest absolute Gasteiger partial charge is 0.457 e. The van der Waals surface area contributed by atoms with Gasteiger partial charge in [0.1, 0.15) is 5.82 Å². The van der Waals surface area contributed by atoms with Crippen molar-refractivity contribution in [3.8, 4) is 0 Å². The van der Waals surface area contributed by atoms with Gasteiger partial charge in [-0.05, 0) is 35.7 Å². The molecule has 2 aromatic heterocycles. The molecule has 2 heterocycles. The summed E-state index contributed by atoms with van der Waals surface area (Å²) >= 11 is 1.33. The molecule has 0 spiro atoms. The molecule has 28 heavy (non-hydrogen) atoms. The number of halogens is 1. The molecule has 0 bridgehead atoms. The standard InChI is InChI=1S/C18H16FN5O3S/c19-11-3-5-12(6-4-11)21-18-23-15(22-17(20)24-18)10-27-16(26)8-7-13(25)14-2-1-9-28-14/h1-6,9H,7-8,10H2,(H3,20,21,22,23,24).